The van der Waals surface area contributed by atoms with E-state index >= 15 is 0 Å². The maximum Gasteiger partial charge on any atom is 0.410 e. The van der Waals surface area contributed by atoms with E-state index in [1.165, 1.54) is 35.4 Å². The highest BCUT2D eigenvalue weighted by molar-refractivity contribution is 5.80. The topological polar surface area (TPSA) is 38.8 Å². The largest absolute Gasteiger partial charge is 0.496 e. The van der Waals surface area contributed by atoms with Gasteiger partial charge in [0.25, 0.3) is 0 Å². The van der Waals surface area contributed by atoms with Gasteiger partial charge in [-0.15, -0.1) is 0 Å². The van der Waals surface area contributed by atoms with Crippen LogP contribution in [0.25, 0.3) is 16.7 Å². The molecule has 36 heavy (non-hydrogen) atoms. The molecule has 1 saturated heterocycles. The second-order valence-corrected chi connectivity index (χ2v) is 9.73. The summed E-state index contributed by atoms with van der Waals surface area (Å²) in [6.07, 6.45) is 4.86. The number of amides is 1. The number of methoxy groups -OCH3 is 1. The molecule has 1 aliphatic carbocycles. The number of piperidine rings is 1. The number of ether oxygens (including phenoxy) is 2. The number of hydrogen-bond donors (Lipinski definition) is 0. The molecule has 2 unspecified atom stereocenters. The molecule has 0 spiro atoms. The molecule has 6 rings (SSSR count). The number of fused-ring (bicyclic) bond motifs is 5. The molecule has 0 radical (unpaired) electrons. The minimum atomic E-state index is -0.938. The van der Waals surface area contributed by atoms with Crippen LogP contribution in [0.5, 0.6) is 5.75 Å². The molecule has 4 nitrogen and oxygen atoms in total. The number of benzene rings is 3. The molecule has 1 fully saturated rings. The van der Waals surface area contributed by atoms with Gasteiger partial charge in [0.1, 0.15) is 12.4 Å². The minimum absolute atomic E-state index is 0.00327. The number of carbonyl (C=O) groups is 1. The highest BCUT2D eigenvalue weighted by atomic mass is 19.2. The first-order valence-corrected chi connectivity index (χ1v) is 12.4. The van der Waals surface area contributed by atoms with Crippen LogP contribution in [0.3, 0.4) is 0 Å². The van der Waals surface area contributed by atoms with Crippen LogP contribution in [0.1, 0.15) is 48.3 Å². The van der Waals surface area contributed by atoms with Gasteiger partial charge in [-0.25, -0.2) is 13.6 Å². The van der Waals surface area contributed by atoms with E-state index in [0.717, 1.165) is 30.9 Å². The maximum atomic E-state index is 14.1. The molecule has 6 heteroatoms. The van der Waals surface area contributed by atoms with Crippen molar-refractivity contribution in [2.75, 3.05) is 13.7 Å². The zero-order valence-electron chi connectivity index (χ0n) is 20.0. The summed E-state index contributed by atoms with van der Waals surface area (Å²) < 4.78 is 39.1. The van der Waals surface area contributed by atoms with Crippen LogP contribution in [0, 0.1) is 11.6 Å². The lowest BCUT2D eigenvalue weighted by Crippen LogP contribution is -2.51. The van der Waals surface area contributed by atoms with E-state index in [9.17, 15) is 13.6 Å². The first-order chi connectivity index (χ1) is 17.5. The van der Waals surface area contributed by atoms with Crippen molar-refractivity contribution in [1.82, 2.24) is 4.90 Å². The molecule has 3 aliphatic rings. The van der Waals surface area contributed by atoms with Gasteiger partial charge < -0.3 is 9.47 Å². The number of nitrogens with zero attached hydrogens (tertiary/aromatic N) is 1. The SMILES string of the molecule is COc1cc(F)c(F)cc1C1=CC2CCCC(C1)N2C(=O)OCC1c2ccccc2-c2ccccc21. The van der Waals surface area contributed by atoms with Crippen molar-refractivity contribution in [2.45, 2.75) is 43.7 Å². The van der Waals surface area contributed by atoms with E-state index in [1.807, 2.05) is 35.2 Å². The third kappa shape index (κ3) is 3.76. The van der Waals surface area contributed by atoms with Crippen molar-refractivity contribution in [3.8, 4) is 16.9 Å². The molecule has 1 amide bonds. The lowest BCUT2D eigenvalue weighted by atomic mass is 9.83. The zero-order valence-corrected chi connectivity index (χ0v) is 20.0. The van der Waals surface area contributed by atoms with Crippen molar-refractivity contribution in [1.29, 1.82) is 0 Å². The van der Waals surface area contributed by atoms with Gasteiger partial charge in [0.2, 0.25) is 0 Å². The predicted octanol–water partition coefficient (Wildman–Crippen LogP) is 6.93. The van der Waals surface area contributed by atoms with Crippen molar-refractivity contribution in [3.05, 3.63) is 95.1 Å². The molecular formula is C30H27F2NO3. The van der Waals surface area contributed by atoms with Crippen LogP contribution >= 0.6 is 0 Å². The maximum absolute atomic E-state index is 14.1. The molecule has 3 aromatic carbocycles. The number of halogens is 2. The Labute approximate surface area is 209 Å². The van der Waals surface area contributed by atoms with Crippen molar-refractivity contribution < 1.29 is 23.0 Å². The highest BCUT2D eigenvalue weighted by Gasteiger charge is 2.39. The molecule has 0 N–H and O–H groups in total. The monoisotopic (exact) mass is 487 g/mol. The highest BCUT2D eigenvalue weighted by Crippen LogP contribution is 2.45. The Kier molecular flexibility index (Phi) is 5.75. The first-order valence-electron chi connectivity index (χ1n) is 12.4. The Hall–Kier alpha value is -3.67. The summed E-state index contributed by atoms with van der Waals surface area (Å²) in [6.45, 7) is 0.274. The Morgan fingerprint density at radius 1 is 0.944 bits per heavy atom. The van der Waals surface area contributed by atoms with Crippen molar-refractivity contribution in [3.63, 3.8) is 0 Å². The summed E-state index contributed by atoms with van der Waals surface area (Å²) in [5, 5.41) is 0. The second kappa shape index (κ2) is 9.08. The van der Waals surface area contributed by atoms with Crippen LogP contribution in [0.4, 0.5) is 13.6 Å². The van der Waals surface area contributed by atoms with Gasteiger partial charge in [-0.3, -0.25) is 4.90 Å². The van der Waals surface area contributed by atoms with Gasteiger partial charge >= 0.3 is 6.09 Å². The normalized spacial score (nSPS) is 20.4. The first kappa shape index (κ1) is 22.8. The van der Waals surface area contributed by atoms with Crippen molar-refractivity contribution >= 4 is 11.7 Å². The molecule has 2 atom stereocenters. The van der Waals surface area contributed by atoms with E-state index in [0.29, 0.717) is 17.7 Å². The van der Waals surface area contributed by atoms with E-state index in [1.54, 1.807) is 0 Å². The summed E-state index contributed by atoms with van der Waals surface area (Å²) in [4.78, 5) is 15.2. The Morgan fingerprint density at radius 3 is 2.28 bits per heavy atom. The standard InChI is InChI=1S/C30H27F2NO3/c1-35-29-16-28(32)27(31)15-25(29)18-13-19-7-6-8-20(14-18)33(19)30(34)36-17-26-23-11-4-2-9-21(23)22-10-3-5-12-24(22)26/h2-5,9-13,15-16,19-20,26H,6-8,14,17H2,1H3. The summed E-state index contributed by atoms with van der Waals surface area (Å²) in [5.74, 6) is -1.54. The van der Waals surface area contributed by atoms with E-state index in [4.69, 9.17) is 9.47 Å². The lowest BCUT2D eigenvalue weighted by Gasteiger charge is -2.44. The van der Waals surface area contributed by atoms with Crippen LogP contribution in [0.2, 0.25) is 0 Å². The van der Waals surface area contributed by atoms with Gasteiger partial charge in [0.15, 0.2) is 11.6 Å². The third-order valence-electron chi connectivity index (χ3n) is 7.77. The number of hydrogen-bond acceptors (Lipinski definition) is 3. The average Bonchev–Trinajstić information content (AvgIpc) is 3.21. The van der Waals surface area contributed by atoms with Crippen LogP contribution in [0.15, 0.2) is 66.7 Å². The Balaban J connectivity index is 1.24. The van der Waals surface area contributed by atoms with Gasteiger partial charge in [0, 0.05) is 23.6 Å². The Morgan fingerprint density at radius 2 is 1.61 bits per heavy atom. The lowest BCUT2D eigenvalue weighted by molar-refractivity contribution is 0.0538. The number of rotatable bonds is 4. The molecule has 0 aromatic heterocycles. The quantitative estimate of drug-likeness (QED) is 0.400. The molecule has 0 saturated carbocycles. The van der Waals surface area contributed by atoms with Gasteiger partial charge in [-0.2, -0.15) is 0 Å². The molecule has 2 aliphatic heterocycles. The molecule has 184 valence electrons. The van der Waals surface area contributed by atoms with Gasteiger partial charge in [0.05, 0.1) is 13.2 Å². The number of carbonyl (C=O) groups excluding carboxylic acids is 1. The van der Waals surface area contributed by atoms with E-state index in [-0.39, 0.29) is 30.7 Å². The predicted molar refractivity (Wildman–Crippen MR) is 134 cm³/mol. The zero-order chi connectivity index (χ0) is 24.8. The molecule has 2 heterocycles. The molecular weight excluding hydrogens is 460 g/mol. The van der Waals surface area contributed by atoms with E-state index in [2.05, 4.69) is 24.3 Å². The van der Waals surface area contributed by atoms with Crippen LogP contribution < -0.4 is 4.74 Å². The fourth-order valence-corrected chi connectivity index (χ4v) is 6.13. The smallest absolute Gasteiger partial charge is 0.410 e. The van der Waals surface area contributed by atoms with Crippen molar-refractivity contribution in [2.24, 2.45) is 0 Å². The second-order valence-electron chi connectivity index (χ2n) is 9.73. The van der Waals surface area contributed by atoms with Gasteiger partial charge in [-0.1, -0.05) is 54.6 Å². The summed E-state index contributed by atoms with van der Waals surface area (Å²) in [6, 6.07) is 18.6. The average molecular weight is 488 g/mol. The fourth-order valence-electron chi connectivity index (χ4n) is 6.13. The van der Waals surface area contributed by atoms with Gasteiger partial charge in [-0.05, 0) is 59.6 Å². The molecule has 3 aromatic rings. The minimum Gasteiger partial charge on any atom is -0.496 e. The van der Waals surface area contributed by atoms with Crippen LogP contribution in [-0.2, 0) is 4.74 Å². The van der Waals surface area contributed by atoms with E-state index < -0.39 is 11.6 Å². The Bertz CT molecular complexity index is 1320. The summed E-state index contributed by atoms with van der Waals surface area (Å²) in [5.41, 5.74) is 6.16. The summed E-state index contributed by atoms with van der Waals surface area (Å²) in [7, 11) is 1.45. The summed E-state index contributed by atoms with van der Waals surface area (Å²) >= 11 is 0. The fraction of sp³-hybridized carbons (Fsp3) is 0.300. The third-order valence-corrected chi connectivity index (χ3v) is 7.77. The molecule has 2 bridgehead atoms. The van der Waals surface area contributed by atoms with Crippen LogP contribution in [-0.4, -0.2) is 36.8 Å².